The molecular weight excluding hydrogens is 246 g/mol. The summed E-state index contributed by atoms with van der Waals surface area (Å²) in [6.45, 7) is 5.48. The molecule has 2 fully saturated rings. The summed E-state index contributed by atoms with van der Waals surface area (Å²) in [6.07, 6.45) is 3.49. The number of nitrogens with zero attached hydrogens (tertiary/aromatic N) is 1. The van der Waals surface area contributed by atoms with Crippen molar-refractivity contribution < 1.29 is 14.7 Å². The maximum absolute atomic E-state index is 11.8. The molecular formula is C13H23N3O3. The Bertz CT molecular complexity index is 355. The number of carbonyl (C=O) groups is 2. The molecule has 2 rings (SSSR count). The van der Waals surface area contributed by atoms with Crippen molar-refractivity contribution in [3.8, 4) is 0 Å². The summed E-state index contributed by atoms with van der Waals surface area (Å²) in [5.74, 6) is -1.12. The van der Waals surface area contributed by atoms with Gasteiger partial charge in [-0.2, -0.15) is 0 Å². The molecule has 1 saturated carbocycles. The molecule has 0 radical (unpaired) electrons. The van der Waals surface area contributed by atoms with Crippen LogP contribution in [0, 0.1) is 5.92 Å². The van der Waals surface area contributed by atoms with Gasteiger partial charge in [0.05, 0.1) is 0 Å². The minimum absolute atomic E-state index is 0.130. The lowest BCUT2D eigenvalue weighted by atomic mass is 10.1. The van der Waals surface area contributed by atoms with E-state index in [2.05, 4.69) is 15.5 Å². The summed E-state index contributed by atoms with van der Waals surface area (Å²) in [4.78, 5) is 25.2. The third-order valence-electron chi connectivity index (χ3n) is 3.84. The van der Waals surface area contributed by atoms with Crippen LogP contribution in [0.25, 0.3) is 0 Å². The lowest BCUT2D eigenvalue weighted by Gasteiger charge is -2.20. The van der Waals surface area contributed by atoms with Crippen molar-refractivity contribution in [2.24, 2.45) is 5.92 Å². The monoisotopic (exact) mass is 269 g/mol. The van der Waals surface area contributed by atoms with Gasteiger partial charge in [0.25, 0.3) is 0 Å². The summed E-state index contributed by atoms with van der Waals surface area (Å²) < 4.78 is 0. The molecule has 6 nitrogen and oxygen atoms in total. The zero-order valence-electron chi connectivity index (χ0n) is 11.6. The van der Waals surface area contributed by atoms with Gasteiger partial charge in [-0.25, -0.2) is 9.59 Å². The zero-order valence-corrected chi connectivity index (χ0v) is 11.6. The normalized spacial score (nSPS) is 25.3. The van der Waals surface area contributed by atoms with E-state index in [-0.39, 0.29) is 18.0 Å². The predicted octanol–water partition coefficient (Wildman–Crippen LogP) is 0.631. The summed E-state index contributed by atoms with van der Waals surface area (Å²) in [7, 11) is 0. The first kappa shape index (κ1) is 14.1. The maximum atomic E-state index is 11.8. The Kier molecular flexibility index (Phi) is 4.29. The van der Waals surface area contributed by atoms with Crippen LogP contribution in [0.5, 0.6) is 0 Å². The third kappa shape index (κ3) is 3.83. The highest BCUT2D eigenvalue weighted by Gasteiger charge is 2.35. The number of likely N-dealkylation sites (tertiary alicyclic amines) is 1. The van der Waals surface area contributed by atoms with Crippen LogP contribution >= 0.6 is 0 Å². The smallest absolute Gasteiger partial charge is 0.326 e. The van der Waals surface area contributed by atoms with E-state index in [0.717, 1.165) is 25.6 Å². The summed E-state index contributed by atoms with van der Waals surface area (Å²) in [5, 5.41) is 14.4. The first-order valence-corrected chi connectivity index (χ1v) is 7.01. The molecule has 0 aromatic rings. The third-order valence-corrected chi connectivity index (χ3v) is 3.84. The Morgan fingerprint density at radius 1 is 1.26 bits per heavy atom. The van der Waals surface area contributed by atoms with Crippen molar-refractivity contribution in [1.82, 2.24) is 15.5 Å². The molecule has 0 bridgehead atoms. The van der Waals surface area contributed by atoms with E-state index in [9.17, 15) is 9.59 Å². The molecule has 0 aromatic heterocycles. The quantitative estimate of drug-likeness (QED) is 0.684. The fourth-order valence-electron chi connectivity index (χ4n) is 2.56. The molecule has 108 valence electrons. The number of hydrogen-bond acceptors (Lipinski definition) is 3. The first-order chi connectivity index (χ1) is 8.97. The van der Waals surface area contributed by atoms with Gasteiger partial charge in [0.1, 0.15) is 6.04 Å². The molecule has 0 spiro atoms. The van der Waals surface area contributed by atoms with Crippen LogP contribution in [0.2, 0.25) is 0 Å². The van der Waals surface area contributed by atoms with Gasteiger partial charge in [-0.05, 0) is 25.2 Å². The molecule has 1 aliphatic carbocycles. The molecule has 2 amide bonds. The molecule has 19 heavy (non-hydrogen) atoms. The van der Waals surface area contributed by atoms with E-state index < -0.39 is 12.0 Å². The average Bonchev–Trinajstić information content (AvgIpc) is 3.07. The predicted molar refractivity (Wildman–Crippen MR) is 70.9 cm³/mol. The van der Waals surface area contributed by atoms with Crippen LogP contribution in [-0.4, -0.2) is 53.2 Å². The number of aliphatic carboxylic acids is 1. The summed E-state index contributed by atoms with van der Waals surface area (Å²) in [5.41, 5.74) is 0. The number of carbonyl (C=O) groups excluding carboxylic acids is 1. The second-order valence-corrected chi connectivity index (χ2v) is 5.89. The number of urea groups is 1. The number of amides is 2. The minimum Gasteiger partial charge on any atom is -0.480 e. The second-order valence-electron chi connectivity index (χ2n) is 5.89. The van der Waals surface area contributed by atoms with E-state index in [1.807, 2.05) is 0 Å². The summed E-state index contributed by atoms with van der Waals surface area (Å²) >= 11 is 0. The van der Waals surface area contributed by atoms with Crippen molar-refractivity contribution in [1.29, 1.82) is 0 Å². The standard InChI is InChI=1S/C13H23N3O3/c1-8(2)11(12(17)18)15-13(19)14-9-5-6-16(7-9)10-3-4-10/h8-11H,3-7H2,1-2H3,(H,17,18)(H2,14,15,19)/t9?,11-/m1/s1. The van der Waals surface area contributed by atoms with E-state index in [4.69, 9.17) is 5.11 Å². The lowest BCUT2D eigenvalue weighted by Crippen LogP contribution is -2.51. The Morgan fingerprint density at radius 2 is 1.95 bits per heavy atom. The zero-order chi connectivity index (χ0) is 14.0. The highest BCUT2D eigenvalue weighted by atomic mass is 16.4. The van der Waals surface area contributed by atoms with Gasteiger partial charge in [-0.15, -0.1) is 0 Å². The number of hydrogen-bond donors (Lipinski definition) is 3. The van der Waals surface area contributed by atoms with Crippen molar-refractivity contribution in [3.05, 3.63) is 0 Å². The topological polar surface area (TPSA) is 81.7 Å². The van der Waals surface area contributed by atoms with E-state index >= 15 is 0 Å². The lowest BCUT2D eigenvalue weighted by molar-refractivity contribution is -0.140. The van der Waals surface area contributed by atoms with Crippen molar-refractivity contribution >= 4 is 12.0 Å². The average molecular weight is 269 g/mol. The molecule has 0 aromatic carbocycles. The van der Waals surface area contributed by atoms with Crippen molar-refractivity contribution in [3.63, 3.8) is 0 Å². The Labute approximate surface area is 113 Å². The van der Waals surface area contributed by atoms with E-state index in [0.29, 0.717) is 0 Å². The van der Waals surface area contributed by atoms with Crippen LogP contribution in [0.1, 0.15) is 33.1 Å². The fourth-order valence-corrected chi connectivity index (χ4v) is 2.56. The van der Waals surface area contributed by atoms with Gasteiger partial charge < -0.3 is 15.7 Å². The van der Waals surface area contributed by atoms with E-state index in [1.165, 1.54) is 12.8 Å². The molecule has 1 saturated heterocycles. The molecule has 1 aliphatic heterocycles. The van der Waals surface area contributed by atoms with Crippen LogP contribution < -0.4 is 10.6 Å². The van der Waals surface area contributed by atoms with Crippen LogP contribution in [0.15, 0.2) is 0 Å². The number of carboxylic acid groups (broad SMARTS) is 1. The largest absolute Gasteiger partial charge is 0.480 e. The fraction of sp³-hybridized carbons (Fsp3) is 0.846. The van der Waals surface area contributed by atoms with Crippen molar-refractivity contribution in [2.75, 3.05) is 13.1 Å². The first-order valence-electron chi connectivity index (χ1n) is 7.01. The van der Waals surface area contributed by atoms with Gasteiger partial charge in [-0.1, -0.05) is 13.8 Å². The molecule has 3 N–H and O–H groups in total. The van der Waals surface area contributed by atoms with Gasteiger partial charge in [0, 0.05) is 25.2 Å². The Morgan fingerprint density at radius 3 is 2.47 bits per heavy atom. The maximum Gasteiger partial charge on any atom is 0.326 e. The van der Waals surface area contributed by atoms with Gasteiger partial charge in [-0.3, -0.25) is 4.90 Å². The SMILES string of the molecule is CC(C)[C@@H](NC(=O)NC1CCN(C2CC2)C1)C(=O)O. The minimum atomic E-state index is -0.990. The van der Waals surface area contributed by atoms with Gasteiger partial charge >= 0.3 is 12.0 Å². The van der Waals surface area contributed by atoms with Gasteiger partial charge in [0.15, 0.2) is 0 Å². The second kappa shape index (κ2) is 5.77. The molecule has 1 unspecified atom stereocenters. The molecule has 6 heteroatoms. The summed E-state index contributed by atoms with van der Waals surface area (Å²) in [6, 6.07) is -0.343. The number of carboxylic acids is 1. The number of rotatable bonds is 5. The molecule has 1 heterocycles. The highest BCUT2D eigenvalue weighted by Crippen LogP contribution is 2.29. The Hall–Kier alpha value is -1.30. The van der Waals surface area contributed by atoms with Crippen molar-refractivity contribution in [2.45, 2.75) is 51.2 Å². The van der Waals surface area contributed by atoms with Crippen LogP contribution in [-0.2, 0) is 4.79 Å². The Balaban J connectivity index is 1.76. The van der Waals surface area contributed by atoms with Crippen LogP contribution in [0.3, 0.4) is 0 Å². The molecule has 2 atom stereocenters. The van der Waals surface area contributed by atoms with E-state index in [1.54, 1.807) is 13.8 Å². The molecule has 2 aliphatic rings. The number of nitrogens with one attached hydrogen (secondary N) is 2. The van der Waals surface area contributed by atoms with Gasteiger partial charge in [0.2, 0.25) is 0 Å². The van der Waals surface area contributed by atoms with Crippen LogP contribution in [0.4, 0.5) is 4.79 Å². The highest BCUT2D eigenvalue weighted by molar-refractivity contribution is 5.82.